The van der Waals surface area contributed by atoms with Crippen molar-refractivity contribution in [3.05, 3.63) is 81.9 Å². The molecule has 0 unspecified atom stereocenters. The Hall–Kier alpha value is -2.12. The maximum absolute atomic E-state index is 13.3. The van der Waals surface area contributed by atoms with Gasteiger partial charge in [-0.3, -0.25) is 4.31 Å². The second-order valence-electron chi connectivity index (χ2n) is 6.54. The predicted molar refractivity (Wildman–Crippen MR) is 121 cm³/mol. The lowest BCUT2D eigenvalue weighted by molar-refractivity contribution is 0.594. The monoisotopic (exact) mass is 487 g/mol. The Labute approximate surface area is 172 Å². The molecule has 0 N–H and O–H groups in total. The Morgan fingerprint density at radius 1 is 0.741 bits per heavy atom. The normalized spacial score (nSPS) is 11.8. The van der Waals surface area contributed by atoms with E-state index in [1.807, 2.05) is 61.5 Å². The van der Waals surface area contributed by atoms with Crippen molar-refractivity contribution < 1.29 is 8.42 Å². The first-order chi connectivity index (χ1) is 12.9. The molecule has 3 nitrogen and oxygen atoms in total. The van der Waals surface area contributed by atoms with Crippen LogP contribution in [0.2, 0.25) is 0 Å². The molecule has 4 aromatic rings. The van der Waals surface area contributed by atoms with E-state index in [-0.39, 0.29) is 0 Å². The molecule has 0 amide bonds. The average molecular weight is 487 g/mol. The number of halogens is 1. The van der Waals surface area contributed by atoms with Crippen LogP contribution in [0.5, 0.6) is 0 Å². The smallest absolute Gasteiger partial charge is 0.264 e. The summed E-state index contributed by atoms with van der Waals surface area (Å²) in [6.07, 6.45) is 0. The van der Waals surface area contributed by atoms with Gasteiger partial charge in [-0.1, -0.05) is 66.2 Å². The van der Waals surface area contributed by atoms with Gasteiger partial charge in [0.25, 0.3) is 10.0 Å². The highest BCUT2D eigenvalue weighted by Gasteiger charge is 2.25. The maximum atomic E-state index is 13.3. The summed E-state index contributed by atoms with van der Waals surface area (Å²) in [6.45, 7) is 1.94. The van der Waals surface area contributed by atoms with Gasteiger partial charge in [-0.05, 0) is 57.8 Å². The first-order valence-corrected chi connectivity index (χ1v) is 11.1. The largest absolute Gasteiger partial charge is 0.268 e. The molecule has 4 rings (SSSR count). The highest BCUT2D eigenvalue weighted by molar-refractivity contribution is 14.1. The summed E-state index contributed by atoms with van der Waals surface area (Å²) in [4.78, 5) is 0.295. The SMILES string of the molecule is Cc1ccc(S(=O)(=O)N(C)c2c(I)c3ccccc3c3ccccc23)cc1. The Balaban J connectivity index is 2.02. The first kappa shape index (κ1) is 18.3. The first-order valence-electron chi connectivity index (χ1n) is 8.56. The number of benzene rings is 4. The number of anilines is 1. The average Bonchev–Trinajstić information content (AvgIpc) is 2.68. The molecule has 27 heavy (non-hydrogen) atoms. The fourth-order valence-electron chi connectivity index (χ4n) is 3.38. The number of sulfonamides is 1. The van der Waals surface area contributed by atoms with E-state index in [1.165, 1.54) is 4.31 Å². The predicted octanol–water partition coefficient (Wildman–Crippen LogP) is 5.73. The van der Waals surface area contributed by atoms with E-state index >= 15 is 0 Å². The topological polar surface area (TPSA) is 37.4 Å². The minimum Gasteiger partial charge on any atom is -0.268 e. The summed E-state index contributed by atoms with van der Waals surface area (Å²) < 4.78 is 28.9. The van der Waals surface area contributed by atoms with Crippen LogP contribution in [0.1, 0.15) is 5.56 Å². The van der Waals surface area contributed by atoms with E-state index in [1.54, 1.807) is 19.2 Å². The van der Waals surface area contributed by atoms with Gasteiger partial charge in [0.15, 0.2) is 0 Å². The molecular formula is C22H18INO2S. The van der Waals surface area contributed by atoms with E-state index in [2.05, 4.69) is 28.7 Å². The molecule has 0 aliphatic rings. The number of rotatable bonds is 3. The van der Waals surface area contributed by atoms with Crippen molar-refractivity contribution in [2.24, 2.45) is 0 Å². The van der Waals surface area contributed by atoms with Gasteiger partial charge in [0.05, 0.1) is 10.6 Å². The zero-order valence-electron chi connectivity index (χ0n) is 15.0. The van der Waals surface area contributed by atoms with Crippen LogP contribution in [0.25, 0.3) is 21.5 Å². The van der Waals surface area contributed by atoms with E-state index in [0.29, 0.717) is 10.6 Å². The van der Waals surface area contributed by atoms with Gasteiger partial charge in [-0.2, -0.15) is 0 Å². The quantitative estimate of drug-likeness (QED) is 0.274. The summed E-state index contributed by atoms with van der Waals surface area (Å²) in [5.74, 6) is 0. The van der Waals surface area contributed by atoms with Gasteiger partial charge in [0, 0.05) is 16.0 Å². The van der Waals surface area contributed by atoms with Crippen molar-refractivity contribution in [2.45, 2.75) is 11.8 Å². The lowest BCUT2D eigenvalue weighted by atomic mass is 10.0. The van der Waals surface area contributed by atoms with Crippen LogP contribution in [-0.2, 0) is 10.0 Å². The maximum Gasteiger partial charge on any atom is 0.264 e. The van der Waals surface area contributed by atoms with Gasteiger partial charge in [0.1, 0.15) is 0 Å². The molecular weight excluding hydrogens is 469 g/mol. The van der Waals surface area contributed by atoms with Crippen LogP contribution in [0.3, 0.4) is 0 Å². The third-order valence-electron chi connectivity index (χ3n) is 4.84. The molecule has 0 atom stereocenters. The molecule has 5 heteroatoms. The number of aryl methyl sites for hydroxylation is 1. The van der Waals surface area contributed by atoms with Crippen molar-refractivity contribution in [3.8, 4) is 0 Å². The molecule has 0 bridgehead atoms. The lowest BCUT2D eigenvalue weighted by Crippen LogP contribution is -2.27. The zero-order chi connectivity index (χ0) is 19.2. The van der Waals surface area contributed by atoms with E-state index in [4.69, 9.17) is 0 Å². The third kappa shape index (κ3) is 2.99. The number of fused-ring (bicyclic) bond motifs is 3. The van der Waals surface area contributed by atoms with Gasteiger partial charge in [-0.25, -0.2) is 8.42 Å². The number of hydrogen-bond donors (Lipinski definition) is 0. The van der Waals surface area contributed by atoms with E-state index < -0.39 is 10.0 Å². The van der Waals surface area contributed by atoms with Gasteiger partial charge >= 0.3 is 0 Å². The standard InChI is InChI=1S/C22H18INO2S/c1-15-11-13-16(14-12-15)27(25,26)24(2)22-20-10-6-4-8-18(20)17-7-3-5-9-19(17)21(22)23/h3-14H,1-2H3. The van der Waals surface area contributed by atoms with Gasteiger partial charge in [-0.15, -0.1) is 0 Å². The van der Waals surface area contributed by atoms with Crippen LogP contribution < -0.4 is 4.31 Å². The minimum absolute atomic E-state index is 0.295. The van der Waals surface area contributed by atoms with Crippen molar-refractivity contribution in [2.75, 3.05) is 11.4 Å². The van der Waals surface area contributed by atoms with Crippen molar-refractivity contribution >= 4 is 59.8 Å². The minimum atomic E-state index is -3.66. The van der Waals surface area contributed by atoms with Crippen LogP contribution in [0, 0.1) is 10.5 Å². The fourth-order valence-corrected chi connectivity index (χ4v) is 5.89. The summed E-state index contributed by atoms with van der Waals surface area (Å²) >= 11 is 2.26. The zero-order valence-corrected chi connectivity index (χ0v) is 18.0. The van der Waals surface area contributed by atoms with Gasteiger partial charge in [0.2, 0.25) is 0 Å². The highest BCUT2D eigenvalue weighted by atomic mass is 127. The fraction of sp³-hybridized carbons (Fsp3) is 0.0909. The van der Waals surface area contributed by atoms with Crippen molar-refractivity contribution in [1.82, 2.24) is 0 Å². The molecule has 0 aliphatic heterocycles. The van der Waals surface area contributed by atoms with Crippen molar-refractivity contribution in [3.63, 3.8) is 0 Å². The Morgan fingerprint density at radius 2 is 1.22 bits per heavy atom. The van der Waals surface area contributed by atoms with E-state index in [9.17, 15) is 8.42 Å². The summed E-state index contributed by atoms with van der Waals surface area (Å²) in [7, 11) is -2.03. The van der Waals surface area contributed by atoms with Crippen LogP contribution >= 0.6 is 22.6 Å². The second kappa shape index (κ2) is 6.80. The Kier molecular flexibility index (Phi) is 4.60. The highest BCUT2D eigenvalue weighted by Crippen LogP contribution is 2.40. The third-order valence-corrected chi connectivity index (χ3v) is 7.70. The molecule has 0 aromatic heterocycles. The molecule has 0 radical (unpaired) electrons. The lowest BCUT2D eigenvalue weighted by Gasteiger charge is -2.24. The Bertz CT molecular complexity index is 1260. The molecule has 0 aliphatic carbocycles. The summed E-state index contributed by atoms with van der Waals surface area (Å²) in [5, 5.41) is 4.16. The molecule has 0 heterocycles. The molecule has 0 fully saturated rings. The molecule has 0 saturated carbocycles. The van der Waals surface area contributed by atoms with Gasteiger partial charge < -0.3 is 0 Å². The molecule has 0 spiro atoms. The molecule has 4 aromatic carbocycles. The van der Waals surface area contributed by atoms with Crippen LogP contribution in [0.4, 0.5) is 5.69 Å². The summed E-state index contributed by atoms with van der Waals surface area (Å²) in [6, 6.07) is 23.1. The molecule has 0 saturated heterocycles. The van der Waals surface area contributed by atoms with Crippen molar-refractivity contribution in [1.29, 1.82) is 0 Å². The molecule has 136 valence electrons. The second-order valence-corrected chi connectivity index (χ2v) is 9.59. The summed E-state index contributed by atoms with van der Waals surface area (Å²) in [5.41, 5.74) is 1.74. The van der Waals surface area contributed by atoms with E-state index in [0.717, 1.165) is 30.7 Å². The van der Waals surface area contributed by atoms with Crippen LogP contribution in [-0.4, -0.2) is 15.5 Å². The van der Waals surface area contributed by atoms with Crippen LogP contribution in [0.15, 0.2) is 77.7 Å². The number of nitrogens with zero attached hydrogens (tertiary/aromatic N) is 1. The Morgan fingerprint density at radius 3 is 1.81 bits per heavy atom. The number of hydrogen-bond acceptors (Lipinski definition) is 2.